The molecule has 0 aliphatic carbocycles. The third-order valence-corrected chi connectivity index (χ3v) is 20.4. The second-order valence-corrected chi connectivity index (χ2v) is 29.5. The molecule has 0 spiro atoms. The van der Waals surface area contributed by atoms with Gasteiger partial charge in [-0.2, -0.15) is 23.5 Å². The van der Waals surface area contributed by atoms with Gasteiger partial charge in [-0.1, -0.05) is 57.2 Å². The Kier molecular flexibility index (Phi) is 27.1. The quantitative estimate of drug-likeness (QED) is 0.0563. The summed E-state index contributed by atoms with van der Waals surface area (Å²) >= 11 is 3.32. The molecule has 8 atom stereocenters. The van der Waals surface area contributed by atoms with Gasteiger partial charge in [0.2, 0.25) is 47.3 Å². The highest BCUT2D eigenvalue weighted by Gasteiger charge is 2.44. The highest BCUT2D eigenvalue weighted by molar-refractivity contribution is 7.98. The van der Waals surface area contributed by atoms with Crippen molar-refractivity contribution in [2.24, 2.45) is 11.1 Å². The molecule has 14 N–H and O–H groups in total. The fourth-order valence-corrected chi connectivity index (χ4v) is 14.6. The lowest BCUT2D eigenvalue weighted by atomic mass is 9.85. The highest BCUT2D eigenvalue weighted by atomic mass is 32.2. The molecule has 4 aromatic carbocycles. The molecule has 2 bridgehead atoms. The van der Waals surface area contributed by atoms with E-state index in [-0.39, 0.29) is 49.5 Å². The molecule has 102 heavy (non-hydrogen) atoms. The van der Waals surface area contributed by atoms with E-state index in [1.54, 1.807) is 73.5 Å². The van der Waals surface area contributed by atoms with E-state index in [0.717, 1.165) is 22.6 Å². The number of aromatic amines is 3. The van der Waals surface area contributed by atoms with Crippen molar-refractivity contribution in [2.45, 2.75) is 158 Å². The number of ether oxygens (including phenoxy) is 1. The van der Waals surface area contributed by atoms with Gasteiger partial charge in [0.25, 0.3) is 0 Å². The van der Waals surface area contributed by atoms with Crippen molar-refractivity contribution in [3.63, 3.8) is 0 Å². The Morgan fingerprint density at radius 2 is 1.24 bits per heavy atom. The SMILES string of the molecule is COc1ccc(C[C@H]2NC(=O)[C@@H](Cc3cnc[nH]3)NC(=O)[C@@H](CC(=O)O)NC(=O)[C@@H](Cc3c[nH]c4ccc(F)cc34)NC(=O)[C@@H](Cc3c[nH]c4ccc(F)cc34)NC(=O)[C@H](C(C)(C)C)NC(=O)[C@@H](CCCCN)NC(=O)CCSCc3cccc(c3)CSCCNC[C@@]3(C)CCCN3C2=O)cc1. The highest BCUT2D eigenvalue weighted by Crippen LogP contribution is 2.31. The molecule has 3 aromatic heterocycles. The van der Waals surface area contributed by atoms with Gasteiger partial charge in [-0.3, -0.25) is 43.2 Å². The number of hydrogen-bond acceptors (Lipinski definition) is 15. The number of halogens is 2. The normalized spacial score (nSPS) is 22.9. The van der Waals surface area contributed by atoms with Crippen molar-refractivity contribution >= 4 is 98.6 Å². The van der Waals surface area contributed by atoms with E-state index in [9.17, 15) is 24.3 Å². The van der Waals surface area contributed by atoms with Crippen LogP contribution in [0.25, 0.3) is 21.8 Å². The van der Waals surface area contributed by atoms with Crippen LogP contribution in [0.15, 0.2) is 110 Å². The van der Waals surface area contributed by atoms with Crippen LogP contribution in [-0.2, 0) is 80.3 Å². The van der Waals surface area contributed by atoms with Crippen LogP contribution in [0, 0.1) is 17.0 Å². The van der Waals surface area contributed by atoms with E-state index in [4.69, 9.17) is 10.5 Å². The Labute approximate surface area is 599 Å². The number of hydrogen-bond donors (Lipinski definition) is 13. The minimum atomic E-state index is -1.97. The van der Waals surface area contributed by atoms with Gasteiger partial charge in [0.1, 0.15) is 59.7 Å². The lowest BCUT2D eigenvalue weighted by Crippen LogP contribution is -2.62. The zero-order chi connectivity index (χ0) is 73.1. The molecule has 0 saturated carbocycles. The molecule has 29 heteroatoms. The summed E-state index contributed by atoms with van der Waals surface area (Å²) in [6, 6.07) is 12.4. The molecule has 2 aliphatic rings. The molecular formula is C73H92F2N14O11S2. The number of nitrogens with zero attached hydrogens (tertiary/aromatic N) is 2. The van der Waals surface area contributed by atoms with Gasteiger partial charge in [0.05, 0.1) is 25.4 Å². The number of benzene rings is 4. The van der Waals surface area contributed by atoms with Gasteiger partial charge in [-0.05, 0) is 127 Å². The molecule has 0 unspecified atom stereocenters. The molecule has 25 nitrogen and oxygen atoms in total. The zero-order valence-corrected chi connectivity index (χ0v) is 59.6. The minimum Gasteiger partial charge on any atom is -0.497 e. The summed E-state index contributed by atoms with van der Waals surface area (Å²) in [5, 5.41) is 34.0. The first-order valence-corrected chi connectivity index (χ1v) is 36.6. The standard InChI is InChI=1S/C73H92F2N14O11S2/c1-72(2,3)64-70(98)86-58(31-47-37-80-55-20-16-49(75)33-53(47)55)67(95)83-57(30-46-36-79-54-19-15-48(74)32-52(46)54)66(94)85-60(35-63(91)92)69(97)84-59(34-50-38-78-42-81-50)68(96)87-61(29-43-13-17-51(100-5)18-14-43)71(99)89-25-9-22-73(89,4)41-77-24-27-102-40-45-11-8-10-44(28-45)39-101-26-21-62(90)82-56(65(93)88-64)12-6-7-23-76/h8,10-11,13-20,28,32-33,36-38,42,56-61,64,77,79-80H,6-7,9,12,21-27,29-31,34-35,39-41,76H2,1-5H3,(H,78,81)(H,82,90)(H,83,95)(H,84,97)(H,85,94)(H,86,98)(H,87,96)(H,88,93)(H,91,92)/t56-,57-,58-,59-,60-,61-,64-,73-/m1/s1. The monoisotopic (exact) mass is 1440 g/mol. The summed E-state index contributed by atoms with van der Waals surface area (Å²) in [6.45, 7) is 8.84. The third-order valence-electron chi connectivity index (χ3n) is 18.4. The van der Waals surface area contributed by atoms with Crippen LogP contribution in [0.5, 0.6) is 5.75 Å². The van der Waals surface area contributed by atoms with Gasteiger partial charge < -0.3 is 78.0 Å². The van der Waals surface area contributed by atoms with Gasteiger partial charge in [0.15, 0.2) is 0 Å². The molecule has 0 radical (unpaired) electrons. The van der Waals surface area contributed by atoms with Crippen LogP contribution in [0.2, 0.25) is 0 Å². The number of fused-ring (bicyclic) bond motifs is 5. The number of carbonyl (C=O) groups is 9. The van der Waals surface area contributed by atoms with Crippen LogP contribution in [0.3, 0.4) is 0 Å². The van der Waals surface area contributed by atoms with Gasteiger partial charge in [-0.25, -0.2) is 13.8 Å². The average molecular weight is 1440 g/mol. The van der Waals surface area contributed by atoms with Gasteiger partial charge in [-0.15, -0.1) is 0 Å². The van der Waals surface area contributed by atoms with Gasteiger partial charge >= 0.3 is 5.97 Å². The first-order chi connectivity index (χ1) is 48.9. The number of unbranched alkanes of at least 4 members (excludes halogenated alkanes) is 1. The molecule has 9 rings (SSSR count). The van der Waals surface area contributed by atoms with Crippen LogP contribution < -0.4 is 53.0 Å². The maximum Gasteiger partial charge on any atom is 0.305 e. The topological polar surface area (TPSA) is 369 Å². The number of carboxylic acids is 1. The van der Waals surface area contributed by atoms with Crippen LogP contribution in [0.1, 0.15) is 106 Å². The Morgan fingerprint density at radius 3 is 1.81 bits per heavy atom. The fraction of sp³-hybridized carbons (Fsp3) is 0.452. The first-order valence-electron chi connectivity index (χ1n) is 34.3. The first kappa shape index (κ1) is 76.9. The zero-order valence-electron chi connectivity index (χ0n) is 57.9. The van der Waals surface area contributed by atoms with Crippen LogP contribution in [-0.4, -0.2) is 176 Å². The Balaban J connectivity index is 1.07. The smallest absolute Gasteiger partial charge is 0.305 e. The lowest BCUT2D eigenvalue weighted by Gasteiger charge is -2.38. The number of aromatic nitrogens is 4. The largest absolute Gasteiger partial charge is 0.497 e. The average Bonchev–Trinajstić information content (AvgIpc) is 1.63. The molecule has 1 fully saturated rings. The molecule has 2 aliphatic heterocycles. The summed E-state index contributed by atoms with van der Waals surface area (Å²) in [5.41, 5.74) is 8.88. The van der Waals surface area contributed by atoms with Crippen molar-refractivity contribution in [3.8, 4) is 5.75 Å². The lowest BCUT2D eigenvalue weighted by molar-refractivity contribution is -0.142. The number of carboxylic acid groups (broad SMARTS) is 1. The molecule has 8 amide bonds. The van der Waals surface area contributed by atoms with Crippen molar-refractivity contribution < 1.29 is 61.8 Å². The summed E-state index contributed by atoms with van der Waals surface area (Å²) in [6.07, 6.45) is 6.25. The number of imidazole rings is 1. The van der Waals surface area contributed by atoms with Crippen molar-refractivity contribution in [3.05, 3.63) is 155 Å². The molecule has 1 saturated heterocycles. The predicted molar refractivity (Wildman–Crippen MR) is 387 cm³/mol. The van der Waals surface area contributed by atoms with E-state index in [0.29, 0.717) is 108 Å². The molecule has 546 valence electrons. The number of methoxy groups -OCH3 is 1. The van der Waals surface area contributed by atoms with E-state index in [1.165, 1.54) is 68.4 Å². The number of thioether (sulfide) groups is 2. The molecule has 7 aromatic rings. The number of aliphatic carboxylic acids is 1. The van der Waals surface area contributed by atoms with Crippen LogP contribution >= 0.6 is 23.5 Å². The molecule has 5 heterocycles. The number of amides is 8. The Bertz CT molecular complexity index is 4070. The predicted octanol–water partition coefficient (Wildman–Crippen LogP) is 5.51. The third kappa shape index (κ3) is 21.4. The van der Waals surface area contributed by atoms with Crippen molar-refractivity contribution in [2.75, 3.05) is 44.8 Å². The molecular weight excluding hydrogens is 1350 g/mol. The van der Waals surface area contributed by atoms with E-state index < -0.39 is 119 Å². The van der Waals surface area contributed by atoms with E-state index in [2.05, 4.69) is 74.6 Å². The summed E-state index contributed by atoms with van der Waals surface area (Å²) < 4.78 is 35.5. The number of nitrogens with two attached hydrogens (primary N) is 1. The maximum absolute atomic E-state index is 15.4. The number of nitrogens with one attached hydrogen (secondary N) is 11. The summed E-state index contributed by atoms with van der Waals surface area (Å²) in [5.74, 6) is -6.17. The van der Waals surface area contributed by atoms with Crippen molar-refractivity contribution in [1.82, 2.24) is 67.4 Å². The van der Waals surface area contributed by atoms with Crippen molar-refractivity contribution in [1.29, 1.82) is 0 Å². The summed E-state index contributed by atoms with van der Waals surface area (Å²) in [7, 11) is 1.52. The van der Waals surface area contributed by atoms with Crippen LogP contribution in [0.4, 0.5) is 8.78 Å². The van der Waals surface area contributed by atoms with Gasteiger partial charge in [0, 0.05) is 121 Å². The second-order valence-electron chi connectivity index (χ2n) is 27.3. The maximum atomic E-state index is 15.4. The fourth-order valence-electron chi connectivity index (χ4n) is 12.8. The van der Waals surface area contributed by atoms with E-state index in [1.807, 2.05) is 19.1 Å². The number of H-pyrrole nitrogens is 3. The number of carbonyl (C=O) groups excluding carboxylic acids is 8. The Hall–Kier alpha value is -9.32. The summed E-state index contributed by atoms with van der Waals surface area (Å²) in [4.78, 5) is 147. The second kappa shape index (κ2) is 36.0. The number of rotatable bonds is 15. The van der Waals surface area contributed by atoms with E-state index >= 15 is 32.8 Å². The minimum absolute atomic E-state index is 0.00977. The Morgan fingerprint density at radius 1 is 0.667 bits per heavy atom.